The van der Waals surface area contributed by atoms with E-state index < -0.39 is 0 Å². The van der Waals surface area contributed by atoms with Gasteiger partial charge in [0.15, 0.2) is 0 Å². The van der Waals surface area contributed by atoms with Gasteiger partial charge in [-0.1, -0.05) is 43.1 Å². The van der Waals surface area contributed by atoms with Crippen LogP contribution in [0.1, 0.15) is 41.6 Å². The average molecular weight is 445 g/mol. The van der Waals surface area contributed by atoms with Crippen molar-refractivity contribution in [1.29, 1.82) is 0 Å². The van der Waals surface area contributed by atoms with Crippen molar-refractivity contribution >= 4 is 23.4 Å². The fourth-order valence-corrected chi connectivity index (χ4v) is 4.22. The highest BCUT2D eigenvalue weighted by Gasteiger charge is 2.42. The number of halogens is 1. The van der Waals surface area contributed by atoms with Crippen molar-refractivity contribution in [3.63, 3.8) is 0 Å². The van der Waals surface area contributed by atoms with E-state index in [0.29, 0.717) is 41.7 Å². The van der Waals surface area contributed by atoms with Crippen LogP contribution in [0.4, 0.5) is 0 Å². The summed E-state index contributed by atoms with van der Waals surface area (Å²) >= 11 is 6.25. The number of unbranched alkanes of at least 4 members (excludes halogenated alkanes) is 1. The summed E-state index contributed by atoms with van der Waals surface area (Å²) in [7, 11) is 3.19. The van der Waals surface area contributed by atoms with Crippen molar-refractivity contribution in [2.45, 2.75) is 25.7 Å². The smallest absolute Gasteiger partial charge is 0.255 e. The molecule has 1 saturated heterocycles. The van der Waals surface area contributed by atoms with Crippen LogP contribution in [-0.4, -0.2) is 50.6 Å². The Morgan fingerprint density at radius 3 is 2.58 bits per heavy atom. The maximum atomic E-state index is 13.2. The summed E-state index contributed by atoms with van der Waals surface area (Å²) in [6, 6.07) is 12.6. The van der Waals surface area contributed by atoms with Gasteiger partial charge in [0.1, 0.15) is 11.5 Å². The van der Waals surface area contributed by atoms with E-state index in [9.17, 15) is 9.59 Å². The second-order valence-corrected chi connectivity index (χ2v) is 8.06. The molecule has 31 heavy (non-hydrogen) atoms. The molecule has 166 valence electrons. The van der Waals surface area contributed by atoms with E-state index >= 15 is 0 Å². The highest BCUT2D eigenvalue weighted by Crippen LogP contribution is 2.40. The number of methoxy groups -OCH3 is 2. The molecular formula is C24H29ClN2O4. The number of carbonyl (C=O) groups excluding carboxylic acids is 2. The normalized spacial score (nSPS) is 18.0. The first-order chi connectivity index (χ1) is 15.0. The van der Waals surface area contributed by atoms with E-state index in [-0.39, 0.29) is 23.7 Å². The summed E-state index contributed by atoms with van der Waals surface area (Å²) < 4.78 is 10.9. The third-order valence-corrected chi connectivity index (χ3v) is 6.05. The fourth-order valence-electron chi connectivity index (χ4n) is 4.00. The molecule has 2 aromatic rings. The Hall–Kier alpha value is -2.73. The van der Waals surface area contributed by atoms with Gasteiger partial charge in [-0.2, -0.15) is 0 Å². The number of rotatable bonds is 8. The highest BCUT2D eigenvalue weighted by molar-refractivity contribution is 6.33. The van der Waals surface area contributed by atoms with Crippen molar-refractivity contribution in [2.75, 3.05) is 33.9 Å². The Balaban J connectivity index is 1.92. The third-order valence-electron chi connectivity index (χ3n) is 5.72. The second kappa shape index (κ2) is 10.5. The molecule has 0 aliphatic carbocycles. The van der Waals surface area contributed by atoms with Crippen LogP contribution >= 0.6 is 11.6 Å². The molecule has 2 aromatic carbocycles. The molecule has 0 unspecified atom stereocenters. The standard InChI is InChI=1S/C24H29ClN2O4/c1-4-5-12-26-23(28)20-15-27(24(29)18-8-6-7-9-21(18)25)14-19(20)17-11-10-16(30-2)13-22(17)31-3/h6-11,13,19-20H,4-5,12,14-15H2,1-3H3,(H,26,28)/t19-,20-/m0/s1. The average Bonchev–Trinajstić information content (AvgIpc) is 3.24. The van der Waals surface area contributed by atoms with Crippen molar-refractivity contribution < 1.29 is 19.1 Å². The van der Waals surface area contributed by atoms with Gasteiger partial charge in [-0.3, -0.25) is 9.59 Å². The molecule has 0 radical (unpaired) electrons. The largest absolute Gasteiger partial charge is 0.497 e. The number of hydrogen-bond donors (Lipinski definition) is 1. The molecule has 0 spiro atoms. The zero-order valence-electron chi connectivity index (χ0n) is 18.2. The predicted octanol–water partition coefficient (Wildman–Crippen LogP) is 4.13. The number of carbonyl (C=O) groups is 2. The molecular weight excluding hydrogens is 416 g/mol. The number of amides is 2. The van der Waals surface area contributed by atoms with E-state index in [1.165, 1.54) is 0 Å². The first-order valence-electron chi connectivity index (χ1n) is 10.5. The fraction of sp³-hybridized carbons (Fsp3) is 0.417. The van der Waals surface area contributed by atoms with Gasteiger partial charge in [-0.05, 0) is 24.6 Å². The predicted molar refractivity (Wildman–Crippen MR) is 121 cm³/mol. The van der Waals surface area contributed by atoms with Crippen molar-refractivity contribution in [3.05, 3.63) is 58.6 Å². The lowest BCUT2D eigenvalue weighted by atomic mass is 9.87. The van der Waals surface area contributed by atoms with Gasteiger partial charge in [0.2, 0.25) is 5.91 Å². The minimum Gasteiger partial charge on any atom is -0.497 e. The van der Waals surface area contributed by atoms with Crippen molar-refractivity contribution in [1.82, 2.24) is 10.2 Å². The lowest BCUT2D eigenvalue weighted by Gasteiger charge is -2.21. The molecule has 2 atom stereocenters. The maximum Gasteiger partial charge on any atom is 0.255 e. The Labute approximate surface area is 188 Å². The summed E-state index contributed by atoms with van der Waals surface area (Å²) in [5, 5.41) is 3.43. The van der Waals surface area contributed by atoms with Gasteiger partial charge in [0, 0.05) is 37.2 Å². The SMILES string of the molecule is CCCCNC(=O)[C@H]1CN(C(=O)c2ccccc2Cl)C[C@H]1c1ccc(OC)cc1OC. The van der Waals surface area contributed by atoms with Crippen LogP contribution < -0.4 is 14.8 Å². The van der Waals surface area contributed by atoms with E-state index in [2.05, 4.69) is 12.2 Å². The number of nitrogens with one attached hydrogen (secondary N) is 1. The molecule has 6 nitrogen and oxygen atoms in total. The number of benzene rings is 2. The zero-order valence-corrected chi connectivity index (χ0v) is 18.9. The van der Waals surface area contributed by atoms with Crippen LogP contribution in [0, 0.1) is 5.92 Å². The summed E-state index contributed by atoms with van der Waals surface area (Å²) in [5.41, 5.74) is 1.32. The van der Waals surface area contributed by atoms with Gasteiger partial charge < -0.3 is 19.7 Å². The first-order valence-corrected chi connectivity index (χ1v) is 10.9. The summed E-state index contributed by atoms with van der Waals surface area (Å²) in [6.07, 6.45) is 1.91. The Morgan fingerprint density at radius 2 is 1.90 bits per heavy atom. The Kier molecular flexibility index (Phi) is 7.80. The zero-order chi connectivity index (χ0) is 22.4. The lowest BCUT2D eigenvalue weighted by molar-refractivity contribution is -0.124. The van der Waals surface area contributed by atoms with Crippen LogP contribution in [0.2, 0.25) is 5.02 Å². The molecule has 1 N–H and O–H groups in total. The Morgan fingerprint density at radius 1 is 1.13 bits per heavy atom. The molecule has 0 aromatic heterocycles. The minimum atomic E-state index is -0.384. The van der Waals surface area contributed by atoms with Crippen LogP contribution in [0.5, 0.6) is 11.5 Å². The molecule has 7 heteroatoms. The molecule has 0 saturated carbocycles. The molecule has 1 aliphatic rings. The molecule has 3 rings (SSSR count). The number of nitrogens with zero attached hydrogens (tertiary/aromatic N) is 1. The molecule has 2 amide bonds. The second-order valence-electron chi connectivity index (χ2n) is 7.66. The van der Waals surface area contributed by atoms with Gasteiger partial charge in [-0.15, -0.1) is 0 Å². The van der Waals surface area contributed by atoms with E-state index in [0.717, 1.165) is 18.4 Å². The van der Waals surface area contributed by atoms with Crippen LogP contribution in [0.15, 0.2) is 42.5 Å². The van der Waals surface area contributed by atoms with Gasteiger partial charge in [0.05, 0.1) is 30.7 Å². The summed E-state index contributed by atoms with van der Waals surface area (Å²) in [5.74, 6) is 0.506. The van der Waals surface area contributed by atoms with Crippen molar-refractivity contribution in [2.24, 2.45) is 5.92 Å². The molecule has 1 fully saturated rings. The summed E-state index contributed by atoms with van der Waals surface area (Å²) in [6.45, 7) is 3.42. The summed E-state index contributed by atoms with van der Waals surface area (Å²) in [4.78, 5) is 28.0. The monoisotopic (exact) mass is 444 g/mol. The highest BCUT2D eigenvalue weighted by atomic mass is 35.5. The topological polar surface area (TPSA) is 67.9 Å². The van der Waals surface area contributed by atoms with Crippen LogP contribution in [-0.2, 0) is 4.79 Å². The molecule has 1 heterocycles. The minimum absolute atomic E-state index is 0.0502. The lowest BCUT2D eigenvalue weighted by Crippen LogP contribution is -2.36. The third kappa shape index (κ3) is 5.13. The number of ether oxygens (including phenoxy) is 2. The van der Waals surface area contributed by atoms with E-state index in [1.54, 1.807) is 49.5 Å². The van der Waals surface area contributed by atoms with Crippen molar-refractivity contribution in [3.8, 4) is 11.5 Å². The van der Waals surface area contributed by atoms with E-state index in [1.807, 2.05) is 12.1 Å². The van der Waals surface area contributed by atoms with Gasteiger partial charge in [-0.25, -0.2) is 0 Å². The molecule has 0 bridgehead atoms. The van der Waals surface area contributed by atoms with Crippen LogP contribution in [0.3, 0.4) is 0 Å². The first kappa shape index (κ1) is 22.9. The van der Waals surface area contributed by atoms with Gasteiger partial charge >= 0.3 is 0 Å². The molecule has 1 aliphatic heterocycles. The Bertz CT molecular complexity index is 934. The number of likely N-dealkylation sites (tertiary alicyclic amines) is 1. The van der Waals surface area contributed by atoms with Crippen LogP contribution in [0.25, 0.3) is 0 Å². The maximum absolute atomic E-state index is 13.2. The quantitative estimate of drug-likeness (QED) is 0.621. The number of hydrogen-bond acceptors (Lipinski definition) is 4. The van der Waals surface area contributed by atoms with E-state index in [4.69, 9.17) is 21.1 Å². The van der Waals surface area contributed by atoms with Gasteiger partial charge in [0.25, 0.3) is 5.91 Å².